The Balaban J connectivity index is 2.26. The fourth-order valence-electron chi connectivity index (χ4n) is 2.73. The van der Waals surface area contributed by atoms with Crippen LogP contribution in [0.1, 0.15) is 40.0 Å². The Morgan fingerprint density at radius 1 is 1.39 bits per heavy atom. The van der Waals surface area contributed by atoms with Gasteiger partial charge >= 0.3 is 5.97 Å². The van der Waals surface area contributed by atoms with Crippen molar-refractivity contribution in [3.05, 3.63) is 23.3 Å². The average Bonchev–Trinajstić information content (AvgIpc) is 2.59. The Morgan fingerprint density at radius 3 is 2.83 bits per heavy atom. The van der Waals surface area contributed by atoms with Crippen molar-refractivity contribution in [3.8, 4) is 0 Å². The molecule has 2 aliphatic rings. The van der Waals surface area contributed by atoms with E-state index >= 15 is 0 Å². The minimum atomic E-state index is -0.465. The molecule has 1 heterocycles. The number of aliphatic hydroxyl groups excluding tert-OH is 1. The maximum Gasteiger partial charge on any atom is 0.309 e. The molecule has 0 saturated carbocycles. The molecule has 18 heavy (non-hydrogen) atoms. The first kappa shape index (κ1) is 13.3. The van der Waals surface area contributed by atoms with Crippen molar-refractivity contribution in [2.24, 2.45) is 11.8 Å². The fourth-order valence-corrected chi connectivity index (χ4v) is 2.73. The van der Waals surface area contributed by atoms with Crippen molar-refractivity contribution in [2.45, 2.75) is 52.2 Å². The third-order valence-corrected chi connectivity index (χ3v) is 4.20. The van der Waals surface area contributed by atoms with E-state index in [-0.39, 0.29) is 23.9 Å². The van der Waals surface area contributed by atoms with Crippen LogP contribution in [0.5, 0.6) is 0 Å². The highest BCUT2D eigenvalue weighted by Crippen LogP contribution is 2.35. The summed E-state index contributed by atoms with van der Waals surface area (Å²) < 4.78 is 5.42. The van der Waals surface area contributed by atoms with Gasteiger partial charge in [-0.1, -0.05) is 18.6 Å². The Hall–Kier alpha value is -1.09. The van der Waals surface area contributed by atoms with Gasteiger partial charge in [0, 0.05) is 5.92 Å². The van der Waals surface area contributed by atoms with E-state index < -0.39 is 6.10 Å². The second-order valence-electron chi connectivity index (χ2n) is 5.61. The van der Waals surface area contributed by atoms with Crippen LogP contribution in [0.15, 0.2) is 23.3 Å². The molecule has 1 aliphatic carbocycles. The van der Waals surface area contributed by atoms with Gasteiger partial charge in [0.1, 0.15) is 6.10 Å². The Kier molecular flexibility index (Phi) is 3.91. The summed E-state index contributed by atoms with van der Waals surface area (Å²) in [6.45, 7) is 5.94. The monoisotopic (exact) mass is 250 g/mol. The number of carbonyl (C=O) groups is 1. The van der Waals surface area contributed by atoms with Crippen LogP contribution in [0.25, 0.3) is 0 Å². The van der Waals surface area contributed by atoms with Gasteiger partial charge in [0.2, 0.25) is 0 Å². The Bertz CT molecular complexity index is 395. The number of hydrogen-bond acceptors (Lipinski definition) is 3. The summed E-state index contributed by atoms with van der Waals surface area (Å²) in [7, 11) is 0. The molecule has 0 aromatic rings. The van der Waals surface area contributed by atoms with Gasteiger partial charge in [-0.2, -0.15) is 0 Å². The molecule has 0 unspecified atom stereocenters. The first-order valence-corrected chi connectivity index (χ1v) is 6.71. The zero-order chi connectivity index (χ0) is 13.3. The minimum Gasteiger partial charge on any atom is -0.458 e. The van der Waals surface area contributed by atoms with Crippen molar-refractivity contribution in [2.75, 3.05) is 0 Å². The lowest BCUT2D eigenvalue weighted by atomic mass is 9.84. The summed E-state index contributed by atoms with van der Waals surface area (Å²) in [6, 6.07) is 0. The number of ether oxygens (including phenoxy) is 1. The normalized spacial score (nSPS) is 43.2. The molecule has 2 rings (SSSR count). The van der Waals surface area contributed by atoms with E-state index in [4.69, 9.17) is 4.74 Å². The van der Waals surface area contributed by atoms with E-state index in [1.807, 2.05) is 19.9 Å². The van der Waals surface area contributed by atoms with Crippen LogP contribution in [0.4, 0.5) is 0 Å². The molecule has 4 atom stereocenters. The number of fused-ring (bicyclic) bond motifs is 1. The first-order valence-electron chi connectivity index (χ1n) is 6.71. The Labute approximate surface area is 109 Å². The van der Waals surface area contributed by atoms with Crippen LogP contribution in [0.2, 0.25) is 0 Å². The van der Waals surface area contributed by atoms with Gasteiger partial charge in [0.25, 0.3) is 0 Å². The SMILES string of the molecule is C/C1=C\C[C@H](O)/C(C)=C/[C@H]2OC(=O)[C@H](C)[C@@H]2CC1. The van der Waals surface area contributed by atoms with Crippen molar-refractivity contribution in [1.29, 1.82) is 0 Å². The van der Waals surface area contributed by atoms with Gasteiger partial charge in [-0.15, -0.1) is 0 Å². The highest BCUT2D eigenvalue weighted by atomic mass is 16.6. The highest BCUT2D eigenvalue weighted by Gasteiger charge is 2.40. The van der Waals surface area contributed by atoms with E-state index in [0.29, 0.717) is 6.42 Å². The molecule has 0 spiro atoms. The molecule has 3 heteroatoms. The number of esters is 1. The van der Waals surface area contributed by atoms with E-state index in [2.05, 4.69) is 13.0 Å². The second-order valence-corrected chi connectivity index (χ2v) is 5.61. The summed E-state index contributed by atoms with van der Waals surface area (Å²) >= 11 is 0. The first-order chi connectivity index (χ1) is 8.49. The van der Waals surface area contributed by atoms with E-state index in [1.54, 1.807) is 0 Å². The lowest BCUT2D eigenvalue weighted by Crippen LogP contribution is -2.20. The zero-order valence-corrected chi connectivity index (χ0v) is 11.3. The maximum absolute atomic E-state index is 11.7. The topological polar surface area (TPSA) is 46.5 Å². The molecule has 0 aromatic carbocycles. The molecular weight excluding hydrogens is 228 g/mol. The van der Waals surface area contributed by atoms with Crippen molar-refractivity contribution >= 4 is 5.97 Å². The lowest BCUT2D eigenvalue weighted by Gasteiger charge is -2.20. The minimum absolute atomic E-state index is 0.0385. The smallest absolute Gasteiger partial charge is 0.309 e. The largest absolute Gasteiger partial charge is 0.458 e. The molecule has 1 N–H and O–H groups in total. The number of rotatable bonds is 0. The fraction of sp³-hybridized carbons (Fsp3) is 0.667. The van der Waals surface area contributed by atoms with Crippen LogP contribution in [-0.4, -0.2) is 23.3 Å². The maximum atomic E-state index is 11.7. The molecule has 0 radical (unpaired) electrons. The van der Waals surface area contributed by atoms with Gasteiger partial charge in [0.05, 0.1) is 12.0 Å². The molecule has 0 amide bonds. The molecule has 1 fully saturated rings. The third-order valence-electron chi connectivity index (χ3n) is 4.20. The number of carbonyl (C=O) groups excluding carboxylic acids is 1. The summed E-state index contributed by atoms with van der Waals surface area (Å²) in [5.41, 5.74) is 2.19. The zero-order valence-electron chi connectivity index (χ0n) is 11.3. The standard InChI is InChI=1S/C15H22O3/c1-9-4-6-12-11(3)15(17)18-14(12)8-10(2)13(16)7-5-9/h5,8,11-14,16H,4,6-7H2,1-3H3/b9-5+,10-8+/t11-,12+,13+,14-/m1/s1. The van der Waals surface area contributed by atoms with Gasteiger partial charge in [-0.05, 0) is 44.8 Å². The molecule has 1 aliphatic heterocycles. The van der Waals surface area contributed by atoms with Crippen molar-refractivity contribution in [1.82, 2.24) is 0 Å². The van der Waals surface area contributed by atoms with Crippen LogP contribution in [0, 0.1) is 11.8 Å². The summed E-state index contributed by atoms with van der Waals surface area (Å²) in [4.78, 5) is 11.7. The molecular formula is C15H22O3. The van der Waals surface area contributed by atoms with Crippen LogP contribution < -0.4 is 0 Å². The average molecular weight is 250 g/mol. The molecule has 3 nitrogen and oxygen atoms in total. The van der Waals surface area contributed by atoms with Crippen LogP contribution in [0.3, 0.4) is 0 Å². The van der Waals surface area contributed by atoms with Gasteiger partial charge in [-0.25, -0.2) is 0 Å². The quantitative estimate of drug-likeness (QED) is 0.531. The molecule has 0 aromatic heterocycles. The second kappa shape index (κ2) is 5.27. The van der Waals surface area contributed by atoms with E-state index in [9.17, 15) is 9.90 Å². The number of hydrogen-bond donors (Lipinski definition) is 1. The summed E-state index contributed by atoms with van der Waals surface area (Å²) in [5, 5.41) is 10.0. The predicted octanol–water partition coefficient (Wildman–Crippen LogP) is 2.60. The van der Waals surface area contributed by atoms with Crippen molar-refractivity contribution in [3.63, 3.8) is 0 Å². The third kappa shape index (κ3) is 2.66. The highest BCUT2D eigenvalue weighted by molar-refractivity contribution is 5.75. The molecule has 100 valence electrons. The number of allylic oxidation sites excluding steroid dienone is 1. The van der Waals surface area contributed by atoms with E-state index in [0.717, 1.165) is 18.4 Å². The predicted molar refractivity (Wildman–Crippen MR) is 69.9 cm³/mol. The van der Waals surface area contributed by atoms with Gasteiger partial charge in [0.15, 0.2) is 0 Å². The summed E-state index contributed by atoms with van der Waals surface area (Å²) in [5.74, 6) is 0.0916. The lowest BCUT2D eigenvalue weighted by molar-refractivity contribution is -0.142. The Morgan fingerprint density at radius 2 is 2.11 bits per heavy atom. The molecule has 1 saturated heterocycles. The van der Waals surface area contributed by atoms with Gasteiger partial charge < -0.3 is 9.84 Å². The van der Waals surface area contributed by atoms with Crippen LogP contribution >= 0.6 is 0 Å². The number of aliphatic hydroxyl groups is 1. The van der Waals surface area contributed by atoms with Crippen molar-refractivity contribution < 1.29 is 14.6 Å². The van der Waals surface area contributed by atoms with Gasteiger partial charge in [-0.3, -0.25) is 4.79 Å². The molecule has 0 bridgehead atoms. The van der Waals surface area contributed by atoms with Crippen LogP contribution in [-0.2, 0) is 9.53 Å². The van der Waals surface area contributed by atoms with E-state index in [1.165, 1.54) is 5.57 Å². The summed E-state index contributed by atoms with van der Waals surface area (Å²) in [6.07, 6.45) is 6.01.